The summed E-state index contributed by atoms with van der Waals surface area (Å²) < 4.78 is 22.8. The number of aliphatic carboxylic acids is 1. The molecule has 508 valence electrons. The third kappa shape index (κ3) is 69.2. The zero-order valence-electron chi connectivity index (χ0n) is 58.2. The van der Waals surface area contributed by atoms with Crippen molar-refractivity contribution in [3.63, 3.8) is 0 Å². The quantitative estimate of drug-likeness (QED) is 0.0195. The number of nitrogens with zero attached hydrogens (tertiary/aromatic N) is 1. The predicted molar refractivity (Wildman–Crippen MR) is 366 cm³/mol. The lowest BCUT2D eigenvalue weighted by Crippen LogP contribution is -2.44. The summed E-state index contributed by atoms with van der Waals surface area (Å²) in [6.07, 6.45) is 83.0. The lowest BCUT2D eigenvalue weighted by atomic mass is 10.0. The van der Waals surface area contributed by atoms with E-state index >= 15 is 0 Å². The average Bonchev–Trinajstić information content (AvgIpc) is 3.64. The Morgan fingerprint density at radius 3 is 0.919 bits per heavy atom. The molecule has 0 heterocycles. The first-order valence-electron chi connectivity index (χ1n) is 38.0. The van der Waals surface area contributed by atoms with Gasteiger partial charge in [0.05, 0.1) is 40.3 Å². The molecule has 0 aromatic carbocycles. The van der Waals surface area contributed by atoms with Crippen molar-refractivity contribution in [3.8, 4) is 0 Å². The Bertz CT molecular complexity index is 1460. The van der Waals surface area contributed by atoms with E-state index < -0.39 is 24.3 Å². The third-order valence-electron chi connectivity index (χ3n) is 17.5. The summed E-state index contributed by atoms with van der Waals surface area (Å²) in [4.78, 5) is 37.5. The fourth-order valence-electron chi connectivity index (χ4n) is 11.6. The van der Waals surface area contributed by atoms with E-state index in [-0.39, 0.29) is 32.2 Å². The van der Waals surface area contributed by atoms with Crippen LogP contribution in [-0.2, 0) is 33.3 Å². The van der Waals surface area contributed by atoms with E-state index in [1.807, 2.05) is 21.1 Å². The SMILES string of the molecule is CCCCCCC/C=C\C/C=C\CCCCCCCCCCCCCC(=O)OC(COC(=O)CCCCCCCCCCCCCCCCCCCCCCCCCCCCCCCCCCCCCCCC)COC(OCC[N+](C)(C)C)C(=O)[O-]. The zero-order valence-corrected chi connectivity index (χ0v) is 58.2. The Morgan fingerprint density at radius 1 is 0.349 bits per heavy atom. The van der Waals surface area contributed by atoms with Gasteiger partial charge in [-0.25, -0.2) is 0 Å². The number of carboxylic acids is 1. The molecule has 0 aliphatic heterocycles. The zero-order chi connectivity index (χ0) is 62.6. The van der Waals surface area contributed by atoms with Crippen LogP contribution in [0.5, 0.6) is 0 Å². The van der Waals surface area contributed by atoms with Gasteiger partial charge in [-0.2, -0.15) is 0 Å². The number of carbonyl (C=O) groups is 3. The molecule has 2 unspecified atom stereocenters. The molecule has 0 aliphatic carbocycles. The van der Waals surface area contributed by atoms with Gasteiger partial charge in [0.15, 0.2) is 12.4 Å². The second-order valence-corrected chi connectivity index (χ2v) is 27.3. The third-order valence-corrected chi connectivity index (χ3v) is 17.5. The molecule has 0 saturated carbocycles. The van der Waals surface area contributed by atoms with Crippen LogP contribution >= 0.6 is 0 Å². The van der Waals surface area contributed by atoms with Crippen LogP contribution < -0.4 is 5.11 Å². The monoisotopic (exact) mass is 1210 g/mol. The van der Waals surface area contributed by atoms with E-state index in [4.69, 9.17) is 18.9 Å². The molecule has 2 atom stereocenters. The molecular weight excluding hydrogens is 1070 g/mol. The maximum Gasteiger partial charge on any atom is 0.306 e. The molecule has 0 saturated heterocycles. The van der Waals surface area contributed by atoms with Gasteiger partial charge in [0.2, 0.25) is 0 Å². The molecule has 9 heteroatoms. The van der Waals surface area contributed by atoms with Gasteiger partial charge in [0.25, 0.3) is 0 Å². The number of ether oxygens (including phenoxy) is 4. The minimum absolute atomic E-state index is 0.150. The summed E-state index contributed by atoms with van der Waals surface area (Å²) in [5, 5.41) is 11.8. The van der Waals surface area contributed by atoms with E-state index in [0.29, 0.717) is 23.9 Å². The topological polar surface area (TPSA) is 111 Å². The van der Waals surface area contributed by atoms with Crippen molar-refractivity contribution >= 4 is 17.9 Å². The van der Waals surface area contributed by atoms with Crippen molar-refractivity contribution in [2.45, 2.75) is 405 Å². The molecule has 0 aromatic heterocycles. The van der Waals surface area contributed by atoms with Crippen LogP contribution in [0.1, 0.15) is 393 Å². The first-order valence-corrected chi connectivity index (χ1v) is 38.0. The van der Waals surface area contributed by atoms with Gasteiger partial charge in [-0.3, -0.25) is 9.59 Å². The number of allylic oxidation sites excluding steroid dienone is 4. The van der Waals surface area contributed by atoms with Crippen LogP contribution in [0.15, 0.2) is 24.3 Å². The van der Waals surface area contributed by atoms with Gasteiger partial charge in [0.1, 0.15) is 13.2 Å². The lowest BCUT2D eigenvalue weighted by molar-refractivity contribution is -0.870. The maximum atomic E-state index is 12.9. The number of carbonyl (C=O) groups excluding carboxylic acids is 3. The average molecular weight is 1220 g/mol. The summed E-state index contributed by atoms with van der Waals surface area (Å²) >= 11 is 0. The van der Waals surface area contributed by atoms with Gasteiger partial charge >= 0.3 is 11.9 Å². The smallest absolute Gasteiger partial charge is 0.306 e. The highest BCUT2D eigenvalue weighted by Crippen LogP contribution is 2.20. The van der Waals surface area contributed by atoms with Crippen molar-refractivity contribution in [1.82, 2.24) is 0 Å². The summed E-state index contributed by atoms with van der Waals surface area (Å²) in [6, 6.07) is 0. The van der Waals surface area contributed by atoms with Gasteiger partial charge in [-0.05, 0) is 44.9 Å². The molecular formula is C77H147NO8. The van der Waals surface area contributed by atoms with Crippen LogP contribution in [0, 0.1) is 0 Å². The van der Waals surface area contributed by atoms with Crippen LogP contribution in [0.2, 0.25) is 0 Å². The first-order chi connectivity index (χ1) is 42.1. The van der Waals surface area contributed by atoms with E-state index in [0.717, 1.165) is 44.9 Å². The molecule has 0 spiro atoms. The number of unbranched alkanes of at least 4 members (excludes halogenated alkanes) is 53. The fraction of sp³-hybridized carbons (Fsp3) is 0.909. The highest BCUT2D eigenvalue weighted by Gasteiger charge is 2.22. The number of carboxylic acid groups (broad SMARTS) is 1. The van der Waals surface area contributed by atoms with Gasteiger partial charge in [0, 0.05) is 12.8 Å². The first kappa shape index (κ1) is 83.8. The minimum Gasteiger partial charge on any atom is -0.545 e. The predicted octanol–water partition coefficient (Wildman–Crippen LogP) is 22.4. The van der Waals surface area contributed by atoms with Crippen molar-refractivity contribution in [3.05, 3.63) is 24.3 Å². The number of likely N-dealkylation sites (N-methyl/N-ethyl adjacent to an activating group) is 1. The molecule has 0 radical (unpaired) electrons. The van der Waals surface area contributed by atoms with Crippen LogP contribution in [0.4, 0.5) is 0 Å². The molecule has 0 bridgehead atoms. The fourth-order valence-corrected chi connectivity index (χ4v) is 11.6. The lowest BCUT2D eigenvalue weighted by Gasteiger charge is -2.26. The second-order valence-electron chi connectivity index (χ2n) is 27.3. The van der Waals surface area contributed by atoms with Gasteiger partial charge in [-0.15, -0.1) is 0 Å². The highest BCUT2D eigenvalue weighted by molar-refractivity contribution is 5.70. The molecule has 0 rings (SSSR count). The minimum atomic E-state index is -1.62. The number of rotatable bonds is 72. The molecule has 9 nitrogen and oxygen atoms in total. The maximum absolute atomic E-state index is 12.9. The normalized spacial score (nSPS) is 12.7. The van der Waals surface area contributed by atoms with Gasteiger partial charge < -0.3 is 33.3 Å². The van der Waals surface area contributed by atoms with Crippen LogP contribution in [-0.4, -0.2) is 82.3 Å². The highest BCUT2D eigenvalue weighted by atomic mass is 16.7. The van der Waals surface area contributed by atoms with E-state index in [1.54, 1.807) is 0 Å². The van der Waals surface area contributed by atoms with Crippen LogP contribution in [0.3, 0.4) is 0 Å². The summed E-state index contributed by atoms with van der Waals surface area (Å²) in [5.74, 6) is -2.26. The Labute approximate surface area is 535 Å². The second kappa shape index (κ2) is 68.7. The van der Waals surface area contributed by atoms with Crippen molar-refractivity contribution in [2.75, 3.05) is 47.5 Å². The van der Waals surface area contributed by atoms with Crippen LogP contribution in [0.25, 0.3) is 0 Å². The number of esters is 2. The van der Waals surface area contributed by atoms with E-state index in [9.17, 15) is 19.5 Å². The van der Waals surface area contributed by atoms with Gasteiger partial charge in [-0.1, -0.05) is 359 Å². The summed E-state index contributed by atoms with van der Waals surface area (Å²) in [5.41, 5.74) is 0. The molecule has 86 heavy (non-hydrogen) atoms. The van der Waals surface area contributed by atoms with Crippen molar-refractivity contribution < 1.29 is 42.9 Å². The Kier molecular flexibility index (Phi) is 66.9. The Morgan fingerprint density at radius 2 is 0.628 bits per heavy atom. The molecule has 0 fully saturated rings. The van der Waals surface area contributed by atoms with Crippen molar-refractivity contribution in [1.29, 1.82) is 0 Å². The molecule has 0 aromatic rings. The Hall–Kier alpha value is -2.23. The molecule has 0 N–H and O–H groups in total. The van der Waals surface area contributed by atoms with E-state index in [1.165, 1.54) is 315 Å². The summed E-state index contributed by atoms with van der Waals surface area (Å²) in [7, 11) is 5.94. The van der Waals surface area contributed by atoms with Crippen molar-refractivity contribution in [2.24, 2.45) is 0 Å². The Balaban J connectivity index is 3.94. The largest absolute Gasteiger partial charge is 0.545 e. The number of hydrogen-bond donors (Lipinski definition) is 0. The summed E-state index contributed by atoms with van der Waals surface area (Å²) in [6.45, 7) is 4.81. The number of hydrogen-bond acceptors (Lipinski definition) is 8. The molecule has 0 amide bonds. The van der Waals surface area contributed by atoms with E-state index in [2.05, 4.69) is 38.2 Å². The molecule has 0 aliphatic rings. The number of quaternary nitrogens is 1. The standard InChI is InChI=1S/C77H147NO8/c1-6-8-10-12-14-16-18-20-22-24-26-28-30-31-32-33-34-35-36-37-38-39-40-41-42-43-44-46-47-49-51-53-55-57-59-61-63-65-67-74(79)84-71-73(72-85-77(76(81)82)83-70-69-78(3,4)5)86-75(80)68-66-64-62-60-58-56-54-52-50-48-45-29-27-25-23-21-19-17-15-13-11-9-7-2/h19,21,25,27,73,77H,6-18,20,22-24,26,28-72H2,1-5H3/b21-19-,27-25-.